The summed E-state index contributed by atoms with van der Waals surface area (Å²) in [5.74, 6) is 1.43. The first kappa shape index (κ1) is 22.4. The lowest BCUT2D eigenvalue weighted by molar-refractivity contribution is -0.138. The number of pyridine rings is 1. The zero-order valence-corrected chi connectivity index (χ0v) is 19.8. The van der Waals surface area contributed by atoms with Crippen molar-refractivity contribution in [1.82, 2.24) is 29.8 Å². The molecular weight excluding hydrogens is 455 g/mol. The van der Waals surface area contributed by atoms with E-state index in [9.17, 15) is 18.4 Å². The van der Waals surface area contributed by atoms with Crippen LogP contribution in [0, 0.1) is 23.2 Å². The number of nitrogens with zero attached hydrogens (tertiary/aromatic N) is 7. The van der Waals surface area contributed by atoms with E-state index in [1.807, 2.05) is 6.07 Å². The average molecular weight is 482 g/mol. The van der Waals surface area contributed by atoms with Gasteiger partial charge in [0.05, 0.1) is 16.8 Å². The Labute approximate surface area is 201 Å². The van der Waals surface area contributed by atoms with Gasteiger partial charge in [0.1, 0.15) is 11.6 Å². The van der Waals surface area contributed by atoms with Gasteiger partial charge in [-0.3, -0.25) is 9.80 Å². The topological polar surface area (TPSA) is 73.9 Å². The Kier molecular flexibility index (Phi) is 4.80. The maximum Gasteiger partial charge on any atom is 0.416 e. The fourth-order valence-corrected chi connectivity index (χ4v) is 6.83. The van der Waals surface area contributed by atoms with Crippen LogP contribution in [0.5, 0.6) is 0 Å². The SMILES string of the molecule is CC1C2CN(CCCc3ccc(-c4cc5c(nnn5C)c(C#N)n4)cc3C(F)(F)F)C3CN(C)C123. The second-order valence-corrected chi connectivity index (χ2v) is 10.2. The van der Waals surface area contributed by atoms with Gasteiger partial charge in [-0.15, -0.1) is 5.10 Å². The first-order chi connectivity index (χ1) is 16.7. The van der Waals surface area contributed by atoms with Gasteiger partial charge >= 0.3 is 6.18 Å². The summed E-state index contributed by atoms with van der Waals surface area (Å²) in [5, 5.41) is 17.3. The number of likely N-dealkylation sites (tertiary alicyclic amines) is 2. The summed E-state index contributed by atoms with van der Waals surface area (Å²) in [7, 11) is 3.85. The van der Waals surface area contributed by atoms with Gasteiger partial charge in [0.25, 0.3) is 0 Å². The number of benzene rings is 1. The Bertz CT molecular complexity index is 1370. The van der Waals surface area contributed by atoms with Crippen LogP contribution in [0.2, 0.25) is 0 Å². The predicted octanol–water partition coefficient (Wildman–Crippen LogP) is 3.49. The Morgan fingerprint density at radius 3 is 2.69 bits per heavy atom. The van der Waals surface area contributed by atoms with Crippen molar-refractivity contribution in [1.29, 1.82) is 5.26 Å². The number of alkyl halides is 3. The molecule has 2 aliphatic heterocycles. The summed E-state index contributed by atoms with van der Waals surface area (Å²) in [6.45, 7) is 5.25. The van der Waals surface area contributed by atoms with Gasteiger partial charge in [-0.05, 0) is 56.0 Å². The minimum absolute atomic E-state index is 0.0422. The van der Waals surface area contributed by atoms with Gasteiger partial charge in [-0.2, -0.15) is 18.4 Å². The van der Waals surface area contributed by atoms with E-state index in [1.54, 1.807) is 25.2 Å². The van der Waals surface area contributed by atoms with E-state index < -0.39 is 11.7 Å². The van der Waals surface area contributed by atoms with Crippen molar-refractivity contribution in [3.8, 4) is 17.3 Å². The molecule has 2 aromatic heterocycles. The average Bonchev–Trinajstić information content (AvgIpc) is 3.12. The van der Waals surface area contributed by atoms with Gasteiger partial charge in [0.15, 0.2) is 5.69 Å². The number of aromatic nitrogens is 4. The minimum Gasteiger partial charge on any atom is -0.297 e. The number of hydrogen-bond acceptors (Lipinski definition) is 6. The smallest absolute Gasteiger partial charge is 0.297 e. The standard InChI is InChI=1S/C25H26F3N7/c1-14-18-12-35(22-13-33(2)24(14,18)22)8-4-5-15-6-7-16(9-17(15)25(26,27)28)19-10-21-23(20(11-29)30-19)31-32-34(21)3/h6-7,9-10,14,18,22H,4-5,8,12-13H2,1-3H3. The molecular formula is C25H26F3N7. The summed E-state index contributed by atoms with van der Waals surface area (Å²) >= 11 is 0. The maximum atomic E-state index is 14.0. The van der Waals surface area contributed by atoms with Gasteiger partial charge in [-0.1, -0.05) is 24.3 Å². The van der Waals surface area contributed by atoms with Crippen molar-refractivity contribution in [2.75, 3.05) is 26.7 Å². The molecule has 3 aliphatic rings. The van der Waals surface area contributed by atoms with Crippen LogP contribution in [0.25, 0.3) is 22.3 Å². The number of hydrogen-bond donors (Lipinski definition) is 0. The van der Waals surface area contributed by atoms with Crippen LogP contribution in [0.1, 0.15) is 30.2 Å². The number of rotatable bonds is 5. The van der Waals surface area contributed by atoms with E-state index >= 15 is 0 Å². The highest BCUT2D eigenvalue weighted by Crippen LogP contribution is 2.66. The molecule has 4 heterocycles. The third kappa shape index (κ3) is 3.14. The van der Waals surface area contributed by atoms with Crippen molar-refractivity contribution in [2.24, 2.45) is 18.9 Å². The molecule has 2 saturated heterocycles. The normalized spacial score (nSPS) is 28.0. The molecule has 182 valence electrons. The number of nitriles is 1. The highest BCUT2D eigenvalue weighted by molar-refractivity contribution is 5.83. The summed E-state index contributed by atoms with van der Waals surface area (Å²) < 4.78 is 43.6. The molecule has 1 aliphatic carbocycles. The molecule has 0 radical (unpaired) electrons. The lowest BCUT2D eigenvalue weighted by Crippen LogP contribution is -2.65. The Morgan fingerprint density at radius 1 is 1.20 bits per heavy atom. The fourth-order valence-electron chi connectivity index (χ4n) is 6.83. The molecule has 3 fully saturated rings. The second-order valence-electron chi connectivity index (χ2n) is 10.2. The monoisotopic (exact) mass is 481 g/mol. The van der Waals surface area contributed by atoms with Crippen molar-refractivity contribution in [3.63, 3.8) is 0 Å². The van der Waals surface area contributed by atoms with Gasteiger partial charge in [-0.25, -0.2) is 9.67 Å². The van der Waals surface area contributed by atoms with Crippen LogP contribution >= 0.6 is 0 Å². The first-order valence-corrected chi connectivity index (χ1v) is 11.9. The number of piperidine rings is 1. The van der Waals surface area contributed by atoms with E-state index in [0.717, 1.165) is 31.6 Å². The largest absolute Gasteiger partial charge is 0.416 e. The maximum absolute atomic E-state index is 14.0. The third-order valence-electron chi connectivity index (χ3n) is 8.64. The molecule has 0 bridgehead atoms. The molecule has 7 nitrogen and oxygen atoms in total. The molecule has 6 rings (SSSR count). The number of likely N-dealkylation sites (N-methyl/N-ethyl adjacent to an activating group) is 1. The second kappa shape index (κ2) is 7.48. The van der Waals surface area contributed by atoms with Crippen LogP contribution < -0.4 is 0 Å². The summed E-state index contributed by atoms with van der Waals surface area (Å²) in [4.78, 5) is 9.20. The molecule has 10 heteroatoms. The highest BCUT2D eigenvalue weighted by atomic mass is 19.4. The van der Waals surface area contributed by atoms with Crippen LogP contribution in [-0.4, -0.2) is 68.0 Å². The lowest BCUT2D eigenvalue weighted by Gasteiger charge is -2.50. The van der Waals surface area contributed by atoms with Crippen molar-refractivity contribution < 1.29 is 13.2 Å². The zero-order valence-electron chi connectivity index (χ0n) is 19.8. The molecule has 1 aromatic carbocycles. The molecule has 1 saturated carbocycles. The van der Waals surface area contributed by atoms with Crippen LogP contribution in [0.3, 0.4) is 0 Å². The summed E-state index contributed by atoms with van der Waals surface area (Å²) in [6, 6.07) is 8.51. The van der Waals surface area contributed by atoms with E-state index in [-0.39, 0.29) is 5.69 Å². The van der Waals surface area contributed by atoms with E-state index in [0.29, 0.717) is 58.2 Å². The molecule has 0 N–H and O–H groups in total. The highest BCUT2D eigenvalue weighted by Gasteiger charge is 2.78. The predicted molar refractivity (Wildman–Crippen MR) is 123 cm³/mol. The van der Waals surface area contributed by atoms with E-state index in [4.69, 9.17) is 0 Å². The van der Waals surface area contributed by atoms with Crippen molar-refractivity contribution >= 4 is 11.0 Å². The molecule has 35 heavy (non-hydrogen) atoms. The molecule has 3 aromatic rings. The minimum atomic E-state index is -4.48. The van der Waals surface area contributed by atoms with Crippen LogP contribution in [0.4, 0.5) is 13.2 Å². The summed E-state index contributed by atoms with van der Waals surface area (Å²) in [6.07, 6.45) is -3.43. The number of aryl methyl sites for hydroxylation is 2. The lowest BCUT2D eigenvalue weighted by atomic mass is 9.91. The van der Waals surface area contributed by atoms with Gasteiger partial charge in [0.2, 0.25) is 0 Å². The fraction of sp³-hybridized carbons (Fsp3) is 0.520. The molecule has 1 spiro atoms. The Balaban J connectivity index is 1.23. The zero-order chi connectivity index (χ0) is 24.7. The first-order valence-electron chi connectivity index (χ1n) is 11.9. The van der Waals surface area contributed by atoms with E-state index in [2.05, 4.69) is 39.1 Å². The van der Waals surface area contributed by atoms with E-state index in [1.165, 1.54) is 4.68 Å². The number of fused-ring (bicyclic) bond motifs is 1. The van der Waals surface area contributed by atoms with Crippen LogP contribution in [0.15, 0.2) is 24.3 Å². The Hall–Kier alpha value is -3.03. The molecule has 4 unspecified atom stereocenters. The van der Waals surface area contributed by atoms with Crippen molar-refractivity contribution in [3.05, 3.63) is 41.1 Å². The molecule has 4 atom stereocenters. The quantitative estimate of drug-likeness (QED) is 0.556. The summed E-state index contributed by atoms with van der Waals surface area (Å²) in [5.41, 5.74) is 1.51. The number of halogens is 3. The molecule has 0 amide bonds. The van der Waals surface area contributed by atoms with Gasteiger partial charge in [0, 0.05) is 37.3 Å². The van der Waals surface area contributed by atoms with Gasteiger partial charge < -0.3 is 0 Å². The third-order valence-corrected chi connectivity index (χ3v) is 8.64. The van der Waals surface area contributed by atoms with Crippen molar-refractivity contribution in [2.45, 2.75) is 37.5 Å². The van der Waals surface area contributed by atoms with Crippen LogP contribution in [-0.2, 0) is 19.6 Å². The Morgan fingerprint density at radius 2 is 2.00 bits per heavy atom.